The maximum absolute atomic E-state index is 12.0. The maximum Gasteiger partial charge on any atom is 0.221 e. The SMILES string of the molecule is O=C(CCS(=O)(=O)C1CCCC1)NC1CCCNC1. The van der Waals surface area contributed by atoms with E-state index in [1.165, 1.54) is 0 Å². The molecular weight excluding hydrogens is 264 g/mol. The molecule has 0 aromatic carbocycles. The van der Waals surface area contributed by atoms with E-state index >= 15 is 0 Å². The van der Waals surface area contributed by atoms with Gasteiger partial charge in [-0.1, -0.05) is 12.8 Å². The third-order valence-electron chi connectivity index (χ3n) is 4.09. The number of rotatable bonds is 5. The van der Waals surface area contributed by atoms with Gasteiger partial charge in [-0.05, 0) is 32.2 Å². The van der Waals surface area contributed by atoms with E-state index in [4.69, 9.17) is 0 Å². The summed E-state index contributed by atoms with van der Waals surface area (Å²) < 4.78 is 24.1. The quantitative estimate of drug-likeness (QED) is 0.777. The molecule has 2 fully saturated rings. The van der Waals surface area contributed by atoms with E-state index in [1.807, 2.05) is 0 Å². The highest BCUT2D eigenvalue weighted by atomic mass is 32.2. The van der Waals surface area contributed by atoms with Gasteiger partial charge in [0, 0.05) is 19.0 Å². The summed E-state index contributed by atoms with van der Waals surface area (Å²) in [7, 11) is -3.07. The summed E-state index contributed by atoms with van der Waals surface area (Å²) >= 11 is 0. The van der Waals surface area contributed by atoms with Gasteiger partial charge in [0.15, 0.2) is 9.84 Å². The molecule has 1 aliphatic carbocycles. The highest BCUT2D eigenvalue weighted by Gasteiger charge is 2.29. The topological polar surface area (TPSA) is 75.3 Å². The lowest BCUT2D eigenvalue weighted by molar-refractivity contribution is -0.121. The first kappa shape index (κ1) is 14.8. The average molecular weight is 288 g/mol. The monoisotopic (exact) mass is 288 g/mol. The van der Waals surface area contributed by atoms with Gasteiger partial charge in [0.05, 0.1) is 11.0 Å². The average Bonchev–Trinajstić information content (AvgIpc) is 2.92. The van der Waals surface area contributed by atoms with Crippen LogP contribution in [0.2, 0.25) is 0 Å². The number of hydrogen-bond acceptors (Lipinski definition) is 4. The van der Waals surface area contributed by atoms with Crippen LogP contribution in [0.1, 0.15) is 44.9 Å². The number of nitrogens with one attached hydrogen (secondary N) is 2. The second-order valence-corrected chi connectivity index (χ2v) is 8.03. The molecule has 1 atom stereocenters. The summed E-state index contributed by atoms with van der Waals surface area (Å²) in [6.45, 7) is 1.80. The predicted molar refractivity (Wildman–Crippen MR) is 74.7 cm³/mol. The predicted octanol–water partition coefficient (Wildman–Crippen LogP) is 0.602. The van der Waals surface area contributed by atoms with Gasteiger partial charge in [-0.25, -0.2) is 8.42 Å². The van der Waals surface area contributed by atoms with E-state index < -0.39 is 9.84 Å². The van der Waals surface area contributed by atoms with E-state index in [0.717, 1.165) is 51.6 Å². The zero-order valence-electron chi connectivity index (χ0n) is 11.4. The highest BCUT2D eigenvalue weighted by Crippen LogP contribution is 2.25. The van der Waals surface area contributed by atoms with Crippen molar-refractivity contribution in [2.24, 2.45) is 0 Å². The zero-order chi connectivity index (χ0) is 13.7. The lowest BCUT2D eigenvalue weighted by atomic mass is 10.1. The molecule has 0 aromatic heterocycles. The van der Waals surface area contributed by atoms with Crippen molar-refractivity contribution < 1.29 is 13.2 Å². The number of hydrogen-bond donors (Lipinski definition) is 2. The number of sulfone groups is 1. The first-order chi connectivity index (χ1) is 9.08. The fourth-order valence-electron chi connectivity index (χ4n) is 2.92. The molecule has 1 unspecified atom stereocenters. The van der Waals surface area contributed by atoms with Crippen molar-refractivity contribution in [3.05, 3.63) is 0 Å². The molecule has 19 heavy (non-hydrogen) atoms. The molecule has 6 heteroatoms. The Labute approximate surface area is 115 Å². The first-order valence-electron chi connectivity index (χ1n) is 7.29. The van der Waals surface area contributed by atoms with Gasteiger partial charge in [-0.15, -0.1) is 0 Å². The fraction of sp³-hybridized carbons (Fsp3) is 0.923. The van der Waals surface area contributed by atoms with E-state index in [-0.39, 0.29) is 29.4 Å². The molecule has 0 aromatic rings. The second kappa shape index (κ2) is 6.70. The molecular formula is C13H24N2O3S. The minimum atomic E-state index is -3.07. The summed E-state index contributed by atoms with van der Waals surface area (Å²) in [5.74, 6) is -0.126. The molecule has 5 nitrogen and oxygen atoms in total. The molecule has 2 aliphatic rings. The molecule has 1 saturated heterocycles. The van der Waals surface area contributed by atoms with Crippen LogP contribution in [0.5, 0.6) is 0 Å². The molecule has 1 amide bonds. The van der Waals surface area contributed by atoms with Crippen molar-refractivity contribution >= 4 is 15.7 Å². The minimum absolute atomic E-state index is 0.00362. The van der Waals surface area contributed by atoms with Crippen molar-refractivity contribution in [2.45, 2.75) is 56.2 Å². The smallest absolute Gasteiger partial charge is 0.221 e. The molecule has 110 valence electrons. The van der Waals surface area contributed by atoms with Gasteiger partial charge in [0.2, 0.25) is 5.91 Å². The van der Waals surface area contributed by atoms with Gasteiger partial charge in [-0.2, -0.15) is 0 Å². The number of carbonyl (C=O) groups is 1. The van der Waals surface area contributed by atoms with Crippen LogP contribution in [0.4, 0.5) is 0 Å². The molecule has 0 spiro atoms. The Balaban J connectivity index is 1.73. The Morgan fingerprint density at radius 1 is 1.16 bits per heavy atom. The second-order valence-electron chi connectivity index (χ2n) is 5.63. The zero-order valence-corrected chi connectivity index (χ0v) is 12.2. The maximum atomic E-state index is 12.0. The Hall–Kier alpha value is -0.620. The molecule has 0 radical (unpaired) electrons. The molecule has 2 N–H and O–H groups in total. The third kappa shape index (κ3) is 4.45. The van der Waals surface area contributed by atoms with E-state index in [2.05, 4.69) is 10.6 Å². The lowest BCUT2D eigenvalue weighted by Gasteiger charge is -2.23. The van der Waals surface area contributed by atoms with Crippen molar-refractivity contribution in [2.75, 3.05) is 18.8 Å². The molecule has 2 rings (SSSR count). The summed E-state index contributed by atoms with van der Waals surface area (Å²) in [6, 6.07) is 0.162. The standard InChI is InChI=1S/C13H24N2O3S/c16-13(15-11-4-3-8-14-10-11)7-9-19(17,18)12-5-1-2-6-12/h11-12,14H,1-10H2,(H,15,16). The Bertz CT molecular complexity index is 396. The first-order valence-corrected chi connectivity index (χ1v) is 9.01. The summed E-state index contributed by atoms with van der Waals surface area (Å²) in [6.07, 6.45) is 5.70. The fourth-order valence-corrected chi connectivity index (χ4v) is 4.78. The van der Waals surface area contributed by atoms with Crippen LogP contribution in [0.15, 0.2) is 0 Å². The van der Waals surface area contributed by atoms with Gasteiger partial charge < -0.3 is 10.6 Å². The number of amides is 1. The number of carbonyl (C=O) groups excluding carboxylic acids is 1. The summed E-state index contributed by atoms with van der Waals surface area (Å²) in [4.78, 5) is 11.8. The summed E-state index contributed by atoms with van der Waals surface area (Å²) in [5, 5.41) is 5.94. The van der Waals surface area contributed by atoms with E-state index in [1.54, 1.807) is 0 Å². The van der Waals surface area contributed by atoms with E-state index in [9.17, 15) is 13.2 Å². The van der Waals surface area contributed by atoms with Gasteiger partial charge in [-0.3, -0.25) is 4.79 Å². The van der Waals surface area contributed by atoms with Crippen LogP contribution >= 0.6 is 0 Å². The lowest BCUT2D eigenvalue weighted by Crippen LogP contribution is -2.46. The van der Waals surface area contributed by atoms with Crippen LogP contribution in [0.3, 0.4) is 0 Å². The summed E-state index contributed by atoms with van der Waals surface area (Å²) in [5.41, 5.74) is 0. The van der Waals surface area contributed by atoms with Gasteiger partial charge in [0.1, 0.15) is 0 Å². The Morgan fingerprint density at radius 2 is 1.89 bits per heavy atom. The van der Waals surface area contributed by atoms with Gasteiger partial charge >= 0.3 is 0 Å². The minimum Gasteiger partial charge on any atom is -0.352 e. The molecule has 0 bridgehead atoms. The third-order valence-corrected chi connectivity index (χ3v) is 6.35. The number of piperidine rings is 1. The van der Waals surface area contributed by atoms with Crippen LogP contribution in [0, 0.1) is 0 Å². The largest absolute Gasteiger partial charge is 0.352 e. The normalized spacial score (nSPS) is 25.4. The molecule has 1 saturated carbocycles. The molecule has 1 aliphatic heterocycles. The van der Waals surface area contributed by atoms with Crippen molar-refractivity contribution in [3.8, 4) is 0 Å². The van der Waals surface area contributed by atoms with Crippen LogP contribution in [0.25, 0.3) is 0 Å². The van der Waals surface area contributed by atoms with Crippen molar-refractivity contribution in [1.29, 1.82) is 0 Å². The Kier molecular flexibility index (Phi) is 5.21. The van der Waals surface area contributed by atoms with Crippen molar-refractivity contribution in [3.63, 3.8) is 0 Å². The molecule has 1 heterocycles. The van der Waals surface area contributed by atoms with Crippen LogP contribution in [-0.4, -0.2) is 44.5 Å². The van der Waals surface area contributed by atoms with Crippen LogP contribution < -0.4 is 10.6 Å². The highest BCUT2D eigenvalue weighted by molar-refractivity contribution is 7.92. The van der Waals surface area contributed by atoms with E-state index in [0.29, 0.717) is 0 Å². The Morgan fingerprint density at radius 3 is 2.53 bits per heavy atom. The van der Waals surface area contributed by atoms with Gasteiger partial charge in [0.25, 0.3) is 0 Å². The van der Waals surface area contributed by atoms with Crippen LogP contribution in [-0.2, 0) is 14.6 Å². The van der Waals surface area contributed by atoms with Crippen molar-refractivity contribution in [1.82, 2.24) is 10.6 Å².